The van der Waals surface area contributed by atoms with E-state index in [-0.39, 0.29) is 18.3 Å². The van der Waals surface area contributed by atoms with Gasteiger partial charge in [-0.1, -0.05) is 18.2 Å². The summed E-state index contributed by atoms with van der Waals surface area (Å²) in [6.07, 6.45) is 1.45. The van der Waals surface area contributed by atoms with Crippen LogP contribution in [0.3, 0.4) is 0 Å². The van der Waals surface area contributed by atoms with Crippen LogP contribution in [-0.4, -0.2) is 30.9 Å². The van der Waals surface area contributed by atoms with E-state index in [1.54, 1.807) is 18.2 Å². The highest BCUT2D eigenvalue weighted by Gasteiger charge is 2.04. The number of nitrogens with one attached hydrogen (secondary N) is 1. The Morgan fingerprint density at radius 3 is 2.78 bits per heavy atom. The average Bonchev–Trinajstić information content (AvgIpc) is 2.55. The number of methoxy groups -OCH3 is 1. The summed E-state index contributed by atoms with van der Waals surface area (Å²) in [5, 5.41) is 13.3. The molecule has 0 saturated carbocycles. The number of benzene rings is 2. The van der Waals surface area contributed by atoms with Crippen molar-refractivity contribution in [3.05, 3.63) is 53.6 Å². The lowest BCUT2D eigenvalue weighted by Crippen LogP contribution is -2.24. The molecule has 0 bridgehead atoms. The van der Waals surface area contributed by atoms with Crippen LogP contribution < -0.4 is 14.9 Å². The van der Waals surface area contributed by atoms with Gasteiger partial charge in [0, 0.05) is 0 Å². The molecule has 0 aliphatic carbocycles. The summed E-state index contributed by atoms with van der Waals surface area (Å²) in [6, 6.07) is 12.2. The van der Waals surface area contributed by atoms with Crippen LogP contribution in [0.1, 0.15) is 11.1 Å². The van der Waals surface area contributed by atoms with Crippen LogP contribution in [0.25, 0.3) is 0 Å². The number of aromatic hydroxyl groups is 1. The van der Waals surface area contributed by atoms with Crippen molar-refractivity contribution >= 4 is 12.1 Å². The van der Waals surface area contributed by atoms with Crippen LogP contribution in [-0.2, 0) is 4.79 Å². The fourth-order valence-corrected chi connectivity index (χ4v) is 1.85. The van der Waals surface area contributed by atoms with Crippen molar-refractivity contribution in [2.75, 3.05) is 13.7 Å². The van der Waals surface area contributed by atoms with Crippen molar-refractivity contribution in [3.63, 3.8) is 0 Å². The molecule has 0 radical (unpaired) electrons. The molecule has 0 aliphatic rings. The predicted octanol–water partition coefficient (Wildman–Crippen LogP) is 2.24. The summed E-state index contributed by atoms with van der Waals surface area (Å²) in [5.74, 6) is 0.675. The van der Waals surface area contributed by atoms with Gasteiger partial charge in [0.2, 0.25) is 0 Å². The Balaban J connectivity index is 1.85. The van der Waals surface area contributed by atoms with E-state index in [1.165, 1.54) is 19.4 Å². The van der Waals surface area contributed by atoms with E-state index >= 15 is 0 Å². The molecule has 2 aromatic carbocycles. The quantitative estimate of drug-likeness (QED) is 0.633. The van der Waals surface area contributed by atoms with E-state index in [2.05, 4.69) is 10.5 Å². The second kappa shape index (κ2) is 7.84. The average molecular weight is 314 g/mol. The minimum Gasteiger partial charge on any atom is -0.504 e. The summed E-state index contributed by atoms with van der Waals surface area (Å²) in [4.78, 5) is 11.7. The summed E-state index contributed by atoms with van der Waals surface area (Å²) >= 11 is 0. The number of hydrogen-bond donors (Lipinski definition) is 2. The van der Waals surface area contributed by atoms with Crippen LogP contribution >= 0.6 is 0 Å². The Labute approximate surface area is 134 Å². The molecule has 0 unspecified atom stereocenters. The number of amides is 1. The SMILES string of the molecule is COc1cc(/C=N\NC(=O)COc2ccccc2C)ccc1O. The minimum absolute atomic E-state index is 0.0420. The van der Waals surface area contributed by atoms with Gasteiger partial charge in [0.1, 0.15) is 5.75 Å². The Morgan fingerprint density at radius 2 is 2.04 bits per heavy atom. The van der Waals surface area contributed by atoms with Gasteiger partial charge in [-0.15, -0.1) is 0 Å². The first-order valence-electron chi connectivity index (χ1n) is 6.97. The number of carbonyl (C=O) groups excluding carboxylic acids is 1. The minimum atomic E-state index is -0.366. The van der Waals surface area contributed by atoms with Crippen LogP contribution in [0, 0.1) is 6.92 Å². The number of nitrogens with zero attached hydrogens (tertiary/aromatic N) is 1. The van der Waals surface area contributed by atoms with Gasteiger partial charge < -0.3 is 14.6 Å². The van der Waals surface area contributed by atoms with Crippen LogP contribution in [0.15, 0.2) is 47.6 Å². The Morgan fingerprint density at radius 1 is 1.26 bits per heavy atom. The molecule has 0 saturated heterocycles. The highest BCUT2D eigenvalue weighted by atomic mass is 16.5. The molecule has 0 spiro atoms. The summed E-state index contributed by atoms with van der Waals surface area (Å²) in [5.41, 5.74) is 4.01. The number of rotatable bonds is 6. The Kier molecular flexibility index (Phi) is 5.57. The highest BCUT2D eigenvalue weighted by Crippen LogP contribution is 2.25. The van der Waals surface area contributed by atoms with Crippen molar-refractivity contribution in [3.8, 4) is 17.2 Å². The maximum atomic E-state index is 11.7. The molecule has 2 N–H and O–H groups in total. The van der Waals surface area contributed by atoms with Crippen LogP contribution in [0.5, 0.6) is 17.2 Å². The lowest BCUT2D eigenvalue weighted by Gasteiger charge is -2.07. The van der Waals surface area contributed by atoms with Crippen LogP contribution in [0.4, 0.5) is 0 Å². The van der Waals surface area contributed by atoms with Gasteiger partial charge >= 0.3 is 0 Å². The van der Waals surface area contributed by atoms with Crippen LogP contribution in [0.2, 0.25) is 0 Å². The van der Waals surface area contributed by atoms with E-state index in [9.17, 15) is 9.90 Å². The molecule has 0 atom stereocenters. The summed E-state index contributed by atoms with van der Waals surface area (Å²) in [6.45, 7) is 1.78. The van der Waals surface area contributed by atoms with Crippen molar-refractivity contribution in [1.29, 1.82) is 0 Å². The number of para-hydroxylation sites is 1. The number of hydrazone groups is 1. The molecule has 0 heterocycles. The number of carbonyl (C=O) groups is 1. The normalized spacial score (nSPS) is 10.5. The maximum absolute atomic E-state index is 11.7. The molecular weight excluding hydrogens is 296 g/mol. The largest absolute Gasteiger partial charge is 0.504 e. The molecule has 0 aromatic heterocycles. The van der Waals surface area contributed by atoms with Gasteiger partial charge in [0.15, 0.2) is 18.1 Å². The monoisotopic (exact) mass is 314 g/mol. The molecule has 23 heavy (non-hydrogen) atoms. The fraction of sp³-hybridized carbons (Fsp3) is 0.176. The van der Waals surface area contributed by atoms with E-state index in [0.29, 0.717) is 17.1 Å². The fourth-order valence-electron chi connectivity index (χ4n) is 1.85. The molecule has 0 fully saturated rings. The van der Waals surface area contributed by atoms with E-state index < -0.39 is 0 Å². The molecule has 6 heteroatoms. The number of phenolic OH excluding ortho intramolecular Hbond substituents is 1. The Hall–Kier alpha value is -3.02. The number of aryl methyl sites for hydroxylation is 1. The highest BCUT2D eigenvalue weighted by molar-refractivity contribution is 5.83. The summed E-state index contributed by atoms with van der Waals surface area (Å²) < 4.78 is 10.4. The maximum Gasteiger partial charge on any atom is 0.277 e. The first-order valence-corrected chi connectivity index (χ1v) is 6.97. The zero-order valence-corrected chi connectivity index (χ0v) is 12.9. The van der Waals surface area contributed by atoms with E-state index in [1.807, 2.05) is 25.1 Å². The Bertz CT molecular complexity index is 713. The lowest BCUT2D eigenvalue weighted by molar-refractivity contribution is -0.123. The number of hydrogen-bond acceptors (Lipinski definition) is 5. The third-order valence-electron chi connectivity index (χ3n) is 3.06. The number of ether oxygens (including phenoxy) is 2. The molecule has 6 nitrogen and oxygen atoms in total. The van der Waals surface area contributed by atoms with Gasteiger partial charge in [-0.3, -0.25) is 4.79 Å². The van der Waals surface area contributed by atoms with Gasteiger partial charge in [0.25, 0.3) is 5.91 Å². The van der Waals surface area contributed by atoms with Gasteiger partial charge in [0.05, 0.1) is 13.3 Å². The standard InChI is InChI=1S/C17H18N2O4/c1-12-5-3-4-6-15(12)23-11-17(21)19-18-10-13-7-8-14(20)16(9-13)22-2/h3-10,20H,11H2,1-2H3,(H,19,21)/b18-10-. The topological polar surface area (TPSA) is 80.2 Å². The molecule has 2 rings (SSSR count). The summed E-state index contributed by atoms with van der Waals surface area (Å²) in [7, 11) is 1.46. The van der Waals surface area contributed by atoms with E-state index in [0.717, 1.165) is 5.56 Å². The second-order valence-electron chi connectivity index (χ2n) is 4.78. The first-order chi connectivity index (χ1) is 11.1. The third kappa shape index (κ3) is 4.74. The zero-order chi connectivity index (χ0) is 16.7. The van der Waals surface area contributed by atoms with Crippen molar-refractivity contribution < 1.29 is 19.4 Å². The first kappa shape index (κ1) is 16.4. The molecule has 2 aromatic rings. The van der Waals surface area contributed by atoms with Crippen molar-refractivity contribution in [2.45, 2.75) is 6.92 Å². The predicted molar refractivity (Wildman–Crippen MR) is 87.1 cm³/mol. The van der Waals surface area contributed by atoms with Gasteiger partial charge in [-0.2, -0.15) is 5.10 Å². The van der Waals surface area contributed by atoms with E-state index in [4.69, 9.17) is 9.47 Å². The van der Waals surface area contributed by atoms with Gasteiger partial charge in [-0.25, -0.2) is 5.43 Å². The smallest absolute Gasteiger partial charge is 0.277 e. The molecule has 120 valence electrons. The number of phenols is 1. The molecule has 1 amide bonds. The lowest BCUT2D eigenvalue weighted by atomic mass is 10.2. The van der Waals surface area contributed by atoms with Crippen molar-refractivity contribution in [1.82, 2.24) is 5.43 Å². The van der Waals surface area contributed by atoms with Gasteiger partial charge in [-0.05, 0) is 42.3 Å². The molecular formula is C17H18N2O4. The molecule has 0 aliphatic heterocycles. The zero-order valence-electron chi connectivity index (χ0n) is 12.9. The third-order valence-corrected chi connectivity index (χ3v) is 3.06. The second-order valence-corrected chi connectivity index (χ2v) is 4.78. The van der Waals surface area contributed by atoms with Crippen molar-refractivity contribution in [2.24, 2.45) is 5.10 Å².